The van der Waals surface area contributed by atoms with Crippen molar-refractivity contribution in [2.45, 2.75) is 64.6 Å². The molecule has 0 aliphatic carbocycles. The lowest BCUT2D eigenvalue weighted by atomic mass is 10.1. The summed E-state index contributed by atoms with van der Waals surface area (Å²) in [6.45, 7) is 10.5. The maximum absolute atomic E-state index is 9.37. The molecule has 7 nitrogen and oxygen atoms in total. The molecule has 0 radical (unpaired) electrons. The van der Waals surface area contributed by atoms with Gasteiger partial charge in [-0.3, -0.25) is 0 Å². The third-order valence-electron chi connectivity index (χ3n) is 7.63. The van der Waals surface area contributed by atoms with Crippen LogP contribution in [0.15, 0.2) is 24.4 Å². The van der Waals surface area contributed by atoms with Gasteiger partial charge in [-0.15, -0.1) is 0 Å². The van der Waals surface area contributed by atoms with E-state index in [-0.39, 0.29) is 6.61 Å². The predicted octanol–water partition coefficient (Wildman–Crippen LogP) is 4.32. The van der Waals surface area contributed by atoms with Crippen molar-refractivity contribution in [2.75, 3.05) is 58.9 Å². The van der Waals surface area contributed by atoms with Crippen LogP contribution in [-0.4, -0.2) is 66.4 Å². The molecule has 0 spiro atoms. The smallest absolute Gasteiger partial charge is 0.147 e. The van der Waals surface area contributed by atoms with Crippen molar-refractivity contribution >= 4 is 34.7 Å². The lowest BCUT2D eigenvalue weighted by Crippen LogP contribution is -2.52. The van der Waals surface area contributed by atoms with Crippen LogP contribution in [0.3, 0.4) is 0 Å². The number of piperidine rings is 1. The molecular weight excluding hydrogens is 448 g/mol. The highest BCUT2D eigenvalue weighted by Gasteiger charge is 2.29. The summed E-state index contributed by atoms with van der Waals surface area (Å²) in [6.07, 6.45) is 8.02. The van der Waals surface area contributed by atoms with Crippen LogP contribution in [0.5, 0.6) is 0 Å². The summed E-state index contributed by atoms with van der Waals surface area (Å²) in [5, 5.41) is 9.97. The minimum absolute atomic E-state index is 0.0451. The minimum Gasteiger partial charge on any atom is -0.392 e. The van der Waals surface area contributed by atoms with Crippen molar-refractivity contribution in [3.63, 3.8) is 0 Å². The van der Waals surface area contributed by atoms with E-state index in [1.807, 2.05) is 6.07 Å². The van der Waals surface area contributed by atoms with Crippen molar-refractivity contribution in [1.29, 1.82) is 0 Å². The molecule has 3 aliphatic heterocycles. The van der Waals surface area contributed by atoms with Gasteiger partial charge in [0, 0.05) is 75.4 Å². The fourth-order valence-corrected chi connectivity index (χ4v) is 5.99. The number of aliphatic hydroxyl groups is 1. The molecule has 8 heteroatoms. The van der Waals surface area contributed by atoms with E-state index < -0.39 is 0 Å². The number of anilines is 4. The number of nitrogens with zero attached hydrogens (tertiary/aromatic N) is 6. The van der Waals surface area contributed by atoms with Crippen molar-refractivity contribution in [3.8, 4) is 0 Å². The van der Waals surface area contributed by atoms with E-state index in [9.17, 15) is 5.11 Å². The Morgan fingerprint density at radius 3 is 2.35 bits per heavy atom. The van der Waals surface area contributed by atoms with Crippen LogP contribution in [0, 0.1) is 0 Å². The Morgan fingerprint density at radius 1 is 0.882 bits per heavy atom. The number of halogens is 1. The molecule has 2 aromatic heterocycles. The van der Waals surface area contributed by atoms with Gasteiger partial charge in [0.25, 0.3) is 0 Å². The van der Waals surface area contributed by atoms with Crippen LogP contribution in [0.2, 0.25) is 5.02 Å². The first-order valence-electron chi connectivity index (χ1n) is 12.8. The summed E-state index contributed by atoms with van der Waals surface area (Å²) in [5.41, 5.74) is 2.01. The SMILES string of the molecule is C[C@@H]1CN(c2ncc(CO)cc2Cl)CCN1c1cc(N2CCCCC2)nc(N2CCC[C@H]2C)c1. The number of pyridine rings is 2. The molecule has 2 atom stereocenters. The third kappa shape index (κ3) is 4.78. The highest BCUT2D eigenvalue weighted by atomic mass is 35.5. The monoisotopic (exact) mass is 484 g/mol. The first-order valence-corrected chi connectivity index (χ1v) is 13.2. The predicted molar refractivity (Wildman–Crippen MR) is 141 cm³/mol. The second kappa shape index (κ2) is 10.2. The first kappa shape index (κ1) is 23.5. The molecule has 0 bridgehead atoms. The average Bonchev–Trinajstić information content (AvgIpc) is 3.30. The number of piperazine rings is 1. The van der Waals surface area contributed by atoms with Crippen LogP contribution in [0.25, 0.3) is 0 Å². The molecule has 5 heterocycles. The minimum atomic E-state index is -0.0451. The zero-order chi connectivity index (χ0) is 23.7. The normalized spacial score (nSPS) is 23.6. The van der Waals surface area contributed by atoms with E-state index in [1.165, 1.54) is 37.8 Å². The van der Waals surface area contributed by atoms with E-state index in [4.69, 9.17) is 16.6 Å². The Hall–Kier alpha value is -2.25. The fourth-order valence-electron chi connectivity index (χ4n) is 5.68. The number of hydrogen-bond donors (Lipinski definition) is 1. The van der Waals surface area contributed by atoms with Crippen LogP contribution < -0.4 is 19.6 Å². The molecule has 3 aliphatic rings. The number of rotatable bonds is 5. The van der Waals surface area contributed by atoms with Gasteiger partial charge in [0.1, 0.15) is 17.5 Å². The van der Waals surface area contributed by atoms with Gasteiger partial charge in [-0.25, -0.2) is 9.97 Å². The van der Waals surface area contributed by atoms with Gasteiger partial charge >= 0.3 is 0 Å². The van der Waals surface area contributed by atoms with Crippen LogP contribution in [0.4, 0.5) is 23.1 Å². The molecule has 34 heavy (non-hydrogen) atoms. The van der Waals surface area contributed by atoms with Crippen LogP contribution >= 0.6 is 11.6 Å². The number of hydrogen-bond acceptors (Lipinski definition) is 7. The van der Waals surface area contributed by atoms with Gasteiger partial charge in [-0.1, -0.05) is 11.6 Å². The summed E-state index contributed by atoms with van der Waals surface area (Å²) in [5.74, 6) is 3.06. The lowest BCUT2D eigenvalue weighted by Gasteiger charge is -2.42. The zero-order valence-corrected chi connectivity index (χ0v) is 21.2. The topological polar surface area (TPSA) is 59.0 Å². The second-order valence-corrected chi connectivity index (χ2v) is 10.5. The summed E-state index contributed by atoms with van der Waals surface area (Å²) >= 11 is 6.51. The Labute approximate surface area is 208 Å². The average molecular weight is 485 g/mol. The van der Waals surface area contributed by atoms with Gasteiger partial charge in [-0.05, 0) is 57.6 Å². The molecule has 5 rings (SSSR count). The Balaban J connectivity index is 1.40. The van der Waals surface area contributed by atoms with Crippen molar-refractivity contribution in [1.82, 2.24) is 9.97 Å². The van der Waals surface area contributed by atoms with Crippen LogP contribution in [-0.2, 0) is 6.61 Å². The van der Waals surface area contributed by atoms with E-state index in [0.717, 1.165) is 62.3 Å². The number of aliphatic hydroxyl groups excluding tert-OH is 1. The Morgan fingerprint density at radius 2 is 1.68 bits per heavy atom. The van der Waals surface area contributed by atoms with Gasteiger partial charge in [0.05, 0.1) is 11.6 Å². The van der Waals surface area contributed by atoms with Gasteiger partial charge in [0.15, 0.2) is 0 Å². The molecule has 2 aromatic rings. The molecule has 184 valence electrons. The van der Waals surface area contributed by atoms with E-state index >= 15 is 0 Å². The quantitative estimate of drug-likeness (QED) is 0.678. The van der Waals surface area contributed by atoms with E-state index in [1.54, 1.807) is 6.20 Å². The standard InChI is InChI=1S/C26H37ClN6O/c1-19-7-6-10-33(19)25-15-22(14-24(29-25)30-8-4-3-5-9-30)32-12-11-31(17-20(32)2)26-23(27)13-21(18-34)16-28-26/h13-16,19-20,34H,3-12,17-18H2,1-2H3/t19-,20-/m1/s1. The molecule has 0 amide bonds. The molecule has 1 N–H and O–H groups in total. The Kier molecular flexibility index (Phi) is 7.02. The molecule has 3 fully saturated rings. The third-order valence-corrected chi connectivity index (χ3v) is 7.91. The lowest BCUT2D eigenvalue weighted by molar-refractivity contribution is 0.281. The molecule has 0 aromatic carbocycles. The second-order valence-electron chi connectivity index (χ2n) is 10.1. The molecule has 0 saturated carbocycles. The molecule has 0 unspecified atom stereocenters. The fraction of sp³-hybridized carbons (Fsp3) is 0.615. The van der Waals surface area contributed by atoms with Gasteiger partial charge in [0.2, 0.25) is 0 Å². The van der Waals surface area contributed by atoms with Crippen LogP contribution in [0.1, 0.15) is 51.5 Å². The highest BCUT2D eigenvalue weighted by molar-refractivity contribution is 6.33. The summed E-state index contributed by atoms with van der Waals surface area (Å²) in [7, 11) is 0. The van der Waals surface area contributed by atoms with E-state index in [2.05, 4.69) is 50.6 Å². The largest absolute Gasteiger partial charge is 0.392 e. The number of aromatic nitrogens is 2. The van der Waals surface area contributed by atoms with Crippen molar-refractivity contribution < 1.29 is 5.11 Å². The van der Waals surface area contributed by atoms with Gasteiger partial charge < -0.3 is 24.7 Å². The van der Waals surface area contributed by atoms with E-state index in [0.29, 0.717) is 17.1 Å². The molecule has 3 saturated heterocycles. The summed E-state index contributed by atoms with van der Waals surface area (Å²) in [6, 6.07) is 7.29. The van der Waals surface area contributed by atoms with Crippen molar-refractivity contribution in [2.24, 2.45) is 0 Å². The first-order chi connectivity index (χ1) is 16.5. The maximum Gasteiger partial charge on any atom is 0.147 e. The molecular formula is C26H37ClN6O. The Bertz CT molecular complexity index is 997. The summed E-state index contributed by atoms with van der Waals surface area (Å²) < 4.78 is 0. The highest BCUT2D eigenvalue weighted by Crippen LogP contribution is 2.34. The van der Waals surface area contributed by atoms with Crippen molar-refractivity contribution in [3.05, 3.63) is 35.0 Å². The zero-order valence-electron chi connectivity index (χ0n) is 20.5. The summed E-state index contributed by atoms with van der Waals surface area (Å²) in [4.78, 5) is 19.5. The maximum atomic E-state index is 9.37. The van der Waals surface area contributed by atoms with Gasteiger partial charge in [-0.2, -0.15) is 0 Å².